The number of thiocarbonyl (C=S) groups is 1. The van der Waals surface area contributed by atoms with Gasteiger partial charge >= 0.3 is 6.18 Å². The van der Waals surface area contributed by atoms with Gasteiger partial charge in [0.25, 0.3) is 0 Å². The van der Waals surface area contributed by atoms with Gasteiger partial charge in [-0.3, -0.25) is 0 Å². The van der Waals surface area contributed by atoms with Crippen LogP contribution in [0.2, 0.25) is 0 Å². The van der Waals surface area contributed by atoms with E-state index in [9.17, 15) is 13.2 Å². The molecule has 0 bridgehead atoms. The summed E-state index contributed by atoms with van der Waals surface area (Å²) in [6.45, 7) is 0. The molecule has 0 radical (unpaired) electrons. The van der Waals surface area contributed by atoms with E-state index in [1.807, 2.05) is 0 Å². The first-order chi connectivity index (χ1) is 5.30. The third-order valence-corrected chi connectivity index (χ3v) is 1.14. The highest BCUT2D eigenvalue weighted by atomic mass is 32.1. The third kappa shape index (κ3) is 2.39. The molecule has 0 fully saturated rings. The van der Waals surface area contributed by atoms with Crippen molar-refractivity contribution < 1.29 is 13.2 Å². The zero-order valence-corrected chi connectivity index (χ0v) is 6.46. The summed E-state index contributed by atoms with van der Waals surface area (Å²) >= 11 is 4.18. The number of halogens is 3. The highest BCUT2D eigenvalue weighted by Crippen LogP contribution is 2.23. The van der Waals surface area contributed by atoms with E-state index in [1.54, 1.807) is 0 Å². The number of rotatable bonds is 1. The quantitative estimate of drug-likeness (QED) is 0.364. The van der Waals surface area contributed by atoms with Crippen molar-refractivity contribution in [3.05, 3.63) is 11.3 Å². The standard InChI is InChI=1S/C5H4F3N3S/c6-5(7,8)3(10)2(1-9)4(11)12/h10H2,(H2,11,12)/b3-2-. The second kappa shape index (κ2) is 3.40. The largest absolute Gasteiger partial charge is 0.432 e. The minimum Gasteiger partial charge on any atom is -0.394 e. The molecule has 0 aliphatic carbocycles. The molecule has 0 heterocycles. The van der Waals surface area contributed by atoms with Crippen LogP contribution in [0.3, 0.4) is 0 Å². The third-order valence-electron chi connectivity index (χ3n) is 0.933. The van der Waals surface area contributed by atoms with Gasteiger partial charge in [0.05, 0.1) is 0 Å². The van der Waals surface area contributed by atoms with Crippen molar-refractivity contribution >= 4 is 17.2 Å². The van der Waals surface area contributed by atoms with Gasteiger partial charge in [0.15, 0.2) is 0 Å². The van der Waals surface area contributed by atoms with Crippen molar-refractivity contribution in [2.45, 2.75) is 6.18 Å². The molecule has 0 aromatic carbocycles. The Hall–Kier alpha value is -1.29. The lowest BCUT2D eigenvalue weighted by Crippen LogP contribution is -2.26. The average Bonchev–Trinajstić information content (AvgIpc) is 1.86. The van der Waals surface area contributed by atoms with Crippen LogP contribution >= 0.6 is 12.2 Å². The van der Waals surface area contributed by atoms with E-state index in [1.165, 1.54) is 6.07 Å². The molecular weight excluding hydrogens is 191 g/mol. The molecule has 0 amide bonds. The first kappa shape index (κ1) is 10.7. The lowest BCUT2D eigenvalue weighted by atomic mass is 10.2. The Labute approximate surface area is 71.4 Å². The predicted octanol–water partition coefficient (Wildman–Crippen LogP) is 0.571. The molecule has 0 atom stereocenters. The van der Waals surface area contributed by atoms with Crippen molar-refractivity contribution in [3.63, 3.8) is 0 Å². The molecule has 0 unspecified atom stereocenters. The number of nitriles is 1. The topological polar surface area (TPSA) is 75.8 Å². The summed E-state index contributed by atoms with van der Waals surface area (Å²) < 4.78 is 35.4. The molecule has 7 heteroatoms. The first-order valence-corrected chi connectivity index (χ1v) is 2.98. The molecule has 4 N–H and O–H groups in total. The molecule has 0 aromatic heterocycles. The zero-order chi connectivity index (χ0) is 9.94. The fourth-order valence-electron chi connectivity index (χ4n) is 0.390. The van der Waals surface area contributed by atoms with Crippen LogP contribution in [0.15, 0.2) is 11.3 Å². The number of nitrogens with zero attached hydrogens (tertiary/aromatic N) is 1. The predicted molar refractivity (Wildman–Crippen MR) is 39.7 cm³/mol. The van der Waals surface area contributed by atoms with Crippen molar-refractivity contribution in [2.75, 3.05) is 0 Å². The Bertz CT molecular complexity index is 273. The van der Waals surface area contributed by atoms with Gasteiger partial charge in [-0.1, -0.05) is 12.2 Å². The molecule has 66 valence electrons. The van der Waals surface area contributed by atoms with Crippen LogP contribution in [0.4, 0.5) is 13.2 Å². The van der Waals surface area contributed by atoms with E-state index < -0.39 is 22.4 Å². The Kier molecular flexibility index (Phi) is 3.04. The van der Waals surface area contributed by atoms with Gasteiger partial charge in [0.1, 0.15) is 22.3 Å². The van der Waals surface area contributed by atoms with Gasteiger partial charge in [-0.2, -0.15) is 18.4 Å². The highest BCUT2D eigenvalue weighted by molar-refractivity contribution is 7.80. The Morgan fingerprint density at radius 1 is 1.33 bits per heavy atom. The maximum Gasteiger partial charge on any atom is 0.432 e. The highest BCUT2D eigenvalue weighted by Gasteiger charge is 2.35. The maximum absolute atomic E-state index is 11.8. The van der Waals surface area contributed by atoms with Gasteiger partial charge in [-0.05, 0) is 0 Å². The minimum atomic E-state index is -4.77. The summed E-state index contributed by atoms with van der Waals surface area (Å²) in [6.07, 6.45) is -4.77. The van der Waals surface area contributed by atoms with E-state index >= 15 is 0 Å². The normalized spacial score (nSPS) is 13.2. The van der Waals surface area contributed by atoms with Crippen molar-refractivity contribution in [1.29, 1.82) is 5.26 Å². The molecule has 12 heavy (non-hydrogen) atoms. The van der Waals surface area contributed by atoms with Crippen LogP contribution in [-0.2, 0) is 0 Å². The molecule has 0 aromatic rings. The Morgan fingerprint density at radius 3 is 1.83 bits per heavy atom. The molecule has 0 aliphatic heterocycles. The molecule has 3 nitrogen and oxygen atoms in total. The zero-order valence-electron chi connectivity index (χ0n) is 5.64. The lowest BCUT2D eigenvalue weighted by molar-refractivity contribution is -0.0929. The van der Waals surface area contributed by atoms with Crippen LogP contribution in [0.1, 0.15) is 0 Å². The van der Waals surface area contributed by atoms with Crippen molar-refractivity contribution in [1.82, 2.24) is 0 Å². The van der Waals surface area contributed by atoms with E-state index in [2.05, 4.69) is 18.0 Å². The number of hydrogen-bond acceptors (Lipinski definition) is 3. The van der Waals surface area contributed by atoms with Gasteiger partial charge in [0, 0.05) is 0 Å². The molecular formula is C5H4F3N3S. The summed E-state index contributed by atoms with van der Waals surface area (Å²) in [7, 11) is 0. The molecule has 0 rings (SSSR count). The van der Waals surface area contributed by atoms with Gasteiger partial charge in [-0.15, -0.1) is 0 Å². The lowest BCUT2D eigenvalue weighted by Gasteiger charge is -2.07. The van der Waals surface area contributed by atoms with E-state index in [4.69, 9.17) is 11.0 Å². The van der Waals surface area contributed by atoms with E-state index in [-0.39, 0.29) is 0 Å². The van der Waals surface area contributed by atoms with Crippen LogP contribution in [0, 0.1) is 11.3 Å². The summed E-state index contributed by atoms with van der Waals surface area (Å²) in [4.78, 5) is -0.660. The summed E-state index contributed by atoms with van der Waals surface area (Å²) in [6, 6.07) is 1.18. The maximum atomic E-state index is 11.8. The number of nitrogens with two attached hydrogens (primary N) is 2. The second-order valence-electron chi connectivity index (χ2n) is 1.76. The van der Waals surface area contributed by atoms with Gasteiger partial charge in [0.2, 0.25) is 0 Å². The van der Waals surface area contributed by atoms with Crippen LogP contribution in [0.25, 0.3) is 0 Å². The fraction of sp³-hybridized carbons (Fsp3) is 0.200. The SMILES string of the molecule is N#C/C(C(N)=S)=C(/N)C(F)(F)F. The molecule has 0 spiro atoms. The van der Waals surface area contributed by atoms with Crippen LogP contribution in [0.5, 0.6) is 0 Å². The van der Waals surface area contributed by atoms with Gasteiger partial charge < -0.3 is 11.5 Å². The first-order valence-electron chi connectivity index (χ1n) is 2.57. The second-order valence-corrected chi connectivity index (χ2v) is 2.20. The van der Waals surface area contributed by atoms with Crippen molar-refractivity contribution in [2.24, 2.45) is 11.5 Å². The van der Waals surface area contributed by atoms with Crippen LogP contribution < -0.4 is 11.5 Å². The Balaban J connectivity index is 5.17. The average molecular weight is 195 g/mol. The molecule has 0 saturated carbocycles. The number of alkyl halides is 3. The molecule has 0 saturated heterocycles. The van der Waals surface area contributed by atoms with Crippen molar-refractivity contribution in [3.8, 4) is 6.07 Å². The summed E-state index contributed by atoms with van der Waals surface area (Å²) in [5.74, 6) is 0. The number of hydrogen-bond donors (Lipinski definition) is 2. The smallest absolute Gasteiger partial charge is 0.394 e. The van der Waals surface area contributed by atoms with Crippen LogP contribution in [-0.4, -0.2) is 11.2 Å². The fourth-order valence-corrected chi connectivity index (χ4v) is 0.545. The minimum absolute atomic E-state index is 0.660. The molecule has 0 aliphatic rings. The number of allylic oxidation sites excluding steroid dienone is 1. The summed E-state index contributed by atoms with van der Waals surface area (Å²) in [5, 5.41) is 8.17. The van der Waals surface area contributed by atoms with Gasteiger partial charge in [-0.25, -0.2) is 0 Å². The van der Waals surface area contributed by atoms with E-state index in [0.717, 1.165) is 0 Å². The monoisotopic (exact) mass is 195 g/mol. The van der Waals surface area contributed by atoms with E-state index in [0.29, 0.717) is 0 Å². The summed E-state index contributed by atoms with van der Waals surface area (Å²) in [5.41, 5.74) is 6.92. The Morgan fingerprint density at radius 2 is 1.75 bits per heavy atom.